The number of anilines is 1. The molecule has 1 aromatic rings. The van der Waals surface area contributed by atoms with Gasteiger partial charge >= 0.3 is 10.2 Å². The maximum atomic E-state index is 12.5. The molecular weight excluding hydrogens is 298 g/mol. The van der Waals surface area contributed by atoms with Gasteiger partial charge in [0, 0.05) is 24.2 Å². The van der Waals surface area contributed by atoms with Gasteiger partial charge in [-0.15, -0.1) is 0 Å². The maximum Gasteiger partial charge on any atom is 0.301 e. The number of likely N-dealkylation sites (N-methyl/N-ethyl adjacent to an activating group) is 1. The Morgan fingerprint density at radius 2 is 2.20 bits per heavy atom. The molecule has 1 aliphatic heterocycles. The highest BCUT2D eigenvalue weighted by Gasteiger charge is 2.31. The highest BCUT2D eigenvalue weighted by molar-refractivity contribution is 7.90. The number of halogens is 1. The van der Waals surface area contributed by atoms with Crippen LogP contribution in [0.4, 0.5) is 5.69 Å². The smallest absolute Gasteiger partial charge is 0.301 e. The van der Waals surface area contributed by atoms with Crippen molar-refractivity contribution in [2.45, 2.75) is 25.3 Å². The molecule has 20 heavy (non-hydrogen) atoms. The Balaban J connectivity index is 2.15. The molecular formula is C13H20ClN3O2S. The lowest BCUT2D eigenvalue weighted by Crippen LogP contribution is -2.49. The zero-order valence-corrected chi connectivity index (χ0v) is 13.0. The van der Waals surface area contributed by atoms with E-state index in [0.717, 1.165) is 19.3 Å². The molecule has 1 atom stereocenters. The Labute approximate surface area is 125 Å². The van der Waals surface area contributed by atoms with Gasteiger partial charge in [-0.1, -0.05) is 24.1 Å². The van der Waals surface area contributed by atoms with Crippen LogP contribution < -0.4 is 10.0 Å². The van der Waals surface area contributed by atoms with Crippen LogP contribution in [0.25, 0.3) is 0 Å². The fourth-order valence-electron chi connectivity index (χ4n) is 2.49. The van der Waals surface area contributed by atoms with Crippen LogP contribution in [-0.4, -0.2) is 38.9 Å². The Hall–Kier alpha value is -0.820. The second-order valence-corrected chi connectivity index (χ2v) is 7.00. The van der Waals surface area contributed by atoms with Gasteiger partial charge in [0.15, 0.2) is 0 Å². The van der Waals surface area contributed by atoms with E-state index in [1.54, 1.807) is 28.6 Å². The molecule has 112 valence electrons. The van der Waals surface area contributed by atoms with Crippen LogP contribution in [0.3, 0.4) is 0 Å². The molecule has 0 aromatic heterocycles. The van der Waals surface area contributed by atoms with Gasteiger partial charge in [-0.3, -0.25) is 4.72 Å². The average molecular weight is 318 g/mol. The van der Waals surface area contributed by atoms with Gasteiger partial charge < -0.3 is 5.32 Å². The summed E-state index contributed by atoms with van der Waals surface area (Å²) in [4.78, 5) is 0. The Bertz CT molecular complexity index is 548. The number of nitrogens with zero attached hydrogens (tertiary/aromatic N) is 1. The summed E-state index contributed by atoms with van der Waals surface area (Å²) in [6, 6.07) is 6.74. The lowest BCUT2D eigenvalue weighted by atomic mass is 10.1. The first-order chi connectivity index (χ1) is 9.53. The van der Waals surface area contributed by atoms with Gasteiger partial charge in [-0.25, -0.2) is 0 Å². The predicted molar refractivity (Wildman–Crippen MR) is 82.3 cm³/mol. The van der Waals surface area contributed by atoms with E-state index in [0.29, 0.717) is 23.8 Å². The van der Waals surface area contributed by atoms with Crippen molar-refractivity contribution < 1.29 is 8.42 Å². The van der Waals surface area contributed by atoms with E-state index in [9.17, 15) is 8.42 Å². The van der Waals surface area contributed by atoms with Crippen molar-refractivity contribution in [3.8, 4) is 0 Å². The second kappa shape index (κ2) is 6.76. The molecule has 1 saturated heterocycles. The van der Waals surface area contributed by atoms with E-state index in [-0.39, 0.29) is 6.04 Å². The molecule has 0 spiro atoms. The summed E-state index contributed by atoms with van der Waals surface area (Å²) in [5.41, 5.74) is 0.492. The minimum Gasteiger partial charge on any atom is -0.318 e. The molecule has 1 heterocycles. The van der Waals surface area contributed by atoms with Crippen molar-refractivity contribution in [2.75, 3.05) is 24.9 Å². The third-order valence-corrected chi connectivity index (χ3v) is 5.22. The molecule has 0 bridgehead atoms. The van der Waals surface area contributed by atoms with E-state index in [1.165, 1.54) is 0 Å². The Morgan fingerprint density at radius 3 is 2.90 bits per heavy atom. The quantitative estimate of drug-likeness (QED) is 0.874. The second-order valence-electron chi connectivity index (χ2n) is 4.94. The first-order valence-electron chi connectivity index (χ1n) is 6.72. The van der Waals surface area contributed by atoms with E-state index < -0.39 is 10.2 Å². The van der Waals surface area contributed by atoms with Crippen molar-refractivity contribution in [2.24, 2.45) is 0 Å². The maximum absolute atomic E-state index is 12.5. The summed E-state index contributed by atoms with van der Waals surface area (Å²) in [6.45, 7) is 1.22. The molecule has 1 aliphatic rings. The summed E-state index contributed by atoms with van der Waals surface area (Å²) in [6.07, 6.45) is 2.85. The molecule has 1 unspecified atom stereocenters. The normalized spacial score (nSPS) is 20.8. The van der Waals surface area contributed by atoms with Gasteiger partial charge in [0.25, 0.3) is 0 Å². The van der Waals surface area contributed by atoms with Crippen molar-refractivity contribution in [3.05, 3.63) is 29.3 Å². The molecule has 1 fully saturated rings. The number of hydrogen-bond acceptors (Lipinski definition) is 3. The topological polar surface area (TPSA) is 61.4 Å². The fraction of sp³-hybridized carbons (Fsp3) is 0.538. The molecule has 0 saturated carbocycles. The monoisotopic (exact) mass is 317 g/mol. The van der Waals surface area contributed by atoms with Crippen LogP contribution >= 0.6 is 11.6 Å². The lowest BCUT2D eigenvalue weighted by molar-refractivity contribution is 0.250. The first kappa shape index (κ1) is 15.6. The van der Waals surface area contributed by atoms with Gasteiger partial charge in [-0.2, -0.15) is 12.7 Å². The molecule has 7 heteroatoms. The molecule has 1 aromatic carbocycles. The highest BCUT2D eigenvalue weighted by atomic mass is 35.5. The summed E-state index contributed by atoms with van der Waals surface area (Å²) >= 11 is 5.88. The largest absolute Gasteiger partial charge is 0.318 e. The van der Waals surface area contributed by atoms with E-state index in [4.69, 9.17) is 11.6 Å². The zero-order chi connectivity index (χ0) is 14.6. The summed E-state index contributed by atoms with van der Waals surface area (Å²) in [7, 11) is -1.70. The SMILES string of the molecule is CNCC1CCCCN1S(=O)(=O)Nc1cccc(Cl)c1. The number of hydrogen-bond donors (Lipinski definition) is 2. The van der Waals surface area contributed by atoms with Crippen LogP contribution in [0.5, 0.6) is 0 Å². The lowest BCUT2D eigenvalue weighted by Gasteiger charge is -2.34. The Kier molecular flexibility index (Phi) is 5.26. The highest BCUT2D eigenvalue weighted by Crippen LogP contribution is 2.23. The average Bonchev–Trinajstić information content (AvgIpc) is 2.39. The molecule has 2 N–H and O–H groups in total. The van der Waals surface area contributed by atoms with Crippen molar-refractivity contribution >= 4 is 27.5 Å². The number of piperidine rings is 1. The standard InChI is InChI=1S/C13H20ClN3O2S/c1-15-10-13-7-2-3-8-17(13)20(18,19)16-12-6-4-5-11(14)9-12/h4-6,9,13,15-16H,2-3,7-8,10H2,1H3. The molecule has 5 nitrogen and oxygen atoms in total. The van der Waals surface area contributed by atoms with Crippen molar-refractivity contribution in [3.63, 3.8) is 0 Å². The summed E-state index contributed by atoms with van der Waals surface area (Å²) in [5, 5.41) is 3.57. The number of benzene rings is 1. The third-order valence-electron chi connectivity index (χ3n) is 3.39. The predicted octanol–water partition coefficient (Wildman–Crippen LogP) is 2.07. The van der Waals surface area contributed by atoms with E-state index in [2.05, 4.69) is 10.0 Å². The van der Waals surface area contributed by atoms with Crippen LogP contribution in [0.15, 0.2) is 24.3 Å². The van der Waals surface area contributed by atoms with Gasteiger partial charge in [-0.05, 0) is 38.1 Å². The molecule has 0 aliphatic carbocycles. The fourth-order valence-corrected chi connectivity index (χ4v) is 4.16. The third kappa shape index (κ3) is 3.85. The first-order valence-corrected chi connectivity index (χ1v) is 8.54. The van der Waals surface area contributed by atoms with Crippen LogP contribution in [-0.2, 0) is 10.2 Å². The van der Waals surface area contributed by atoms with E-state index >= 15 is 0 Å². The van der Waals surface area contributed by atoms with Crippen molar-refractivity contribution in [1.29, 1.82) is 0 Å². The van der Waals surface area contributed by atoms with Crippen molar-refractivity contribution in [1.82, 2.24) is 9.62 Å². The van der Waals surface area contributed by atoms with E-state index in [1.807, 2.05) is 7.05 Å². The molecule has 0 amide bonds. The minimum absolute atomic E-state index is 0.00503. The van der Waals surface area contributed by atoms with Crippen LogP contribution in [0.1, 0.15) is 19.3 Å². The Morgan fingerprint density at radius 1 is 1.40 bits per heavy atom. The van der Waals surface area contributed by atoms with Crippen LogP contribution in [0, 0.1) is 0 Å². The van der Waals surface area contributed by atoms with Gasteiger partial charge in [0.1, 0.15) is 0 Å². The minimum atomic E-state index is -3.54. The zero-order valence-electron chi connectivity index (χ0n) is 11.5. The van der Waals surface area contributed by atoms with Gasteiger partial charge in [0.2, 0.25) is 0 Å². The summed E-state index contributed by atoms with van der Waals surface area (Å²) < 4.78 is 29.1. The molecule has 0 radical (unpaired) electrons. The van der Waals surface area contributed by atoms with Crippen LogP contribution in [0.2, 0.25) is 5.02 Å². The molecule has 2 rings (SSSR count). The number of rotatable bonds is 5. The summed E-state index contributed by atoms with van der Waals surface area (Å²) in [5.74, 6) is 0. The number of nitrogens with one attached hydrogen (secondary N) is 2. The van der Waals surface area contributed by atoms with Gasteiger partial charge in [0.05, 0.1) is 5.69 Å².